The minimum atomic E-state index is -0.714. The van der Waals surface area contributed by atoms with Gasteiger partial charge in [0.25, 0.3) is 0 Å². The molecule has 2 heterocycles. The van der Waals surface area contributed by atoms with Crippen LogP contribution in [0.2, 0.25) is 0 Å². The van der Waals surface area contributed by atoms with Crippen molar-refractivity contribution in [3.63, 3.8) is 0 Å². The highest BCUT2D eigenvalue weighted by atomic mass is 16.4. The van der Waals surface area contributed by atoms with Crippen molar-refractivity contribution in [3.05, 3.63) is 17.5 Å². The van der Waals surface area contributed by atoms with Gasteiger partial charge in [-0.05, 0) is 31.9 Å². The summed E-state index contributed by atoms with van der Waals surface area (Å²) in [6.07, 6.45) is 0.952. The summed E-state index contributed by atoms with van der Waals surface area (Å²) < 4.78 is 1.83. The molecule has 1 aromatic rings. The van der Waals surface area contributed by atoms with Crippen molar-refractivity contribution >= 4 is 5.97 Å². The summed E-state index contributed by atoms with van der Waals surface area (Å²) in [5.74, 6) is -0.490. The van der Waals surface area contributed by atoms with E-state index in [4.69, 9.17) is 0 Å². The van der Waals surface area contributed by atoms with Crippen molar-refractivity contribution in [1.82, 2.24) is 14.7 Å². The zero-order valence-electron chi connectivity index (χ0n) is 10.6. The van der Waals surface area contributed by atoms with Crippen LogP contribution in [0.25, 0.3) is 0 Å². The third kappa shape index (κ3) is 2.34. The maximum Gasteiger partial charge on any atom is 0.321 e. The van der Waals surface area contributed by atoms with Crippen molar-refractivity contribution in [1.29, 1.82) is 0 Å². The number of carboxylic acids is 1. The molecule has 1 fully saturated rings. The number of hydrogen-bond donors (Lipinski definition) is 1. The van der Waals surface area contributed by atoms with E-state index >= 15 is 0 Å². The van der Waals surface area contributed by atoms with Gasteiger partial charge in [-0.2, -0.15) is 5.10 Å². The van der Waals surface area contributed by atoms with Crippen LogP contribution in [0.15, 0.2) is 6.07 Å². The van der Waals surface area contributed by atoms with Crippen molar-refractivity contribution in [2.75, 3.05) is 6.54 Å². The Morgan fingerprint density at radius 1 is 1.65 bits per heavy atom. The van der Waals surface area contributed by atoms with Gasteiger partial charge in [0.2, 0.25) is 0 Å². The van der Waals surface area contributed by atoms with Crippen LogP contribution in [0, 0.1) is 12.8 Å². The molecule has 0 radical (unpaired) electrons. The Hall–Kier alpha value is -1.36. The lowest BCUT2D eigenvalue weighted by Gasteiger charge is -2.22. The van der Waals surface area contributed by atoms with Gasteiger partial charge in [-0.3, -0.25) is 14.4 Å². The van der Waals surface area contributed by atoms with Crippen LogP contribution in [0.4, 0.5) is 0 Å². The molecule has 2 rings (SSSR count). The molecule has 1 aromatic heterocycles. The van der Waals surface area contributed by atoms with E-state index in [2.05, 4.69) is 5.10 Å². The van der Waals surface area contributed by atoms with Crippen LogP contribution in [0.5, 0.6) is 0 Å². The molecule has 5 nitrogen and oxygen atoms in total. The molecule has 0 aromatic carbocycles. The number of aryl methyl sites for hydroxylation is 2. The monoisotopic (exact) mass is 237 g/mol. The topological polar surface area (TPSA) is 58.4 Å². The molecule has 1 aliphatic heterocycles. The van der Waals surface area contributed by atoms with Crippen LogP contribution >= 0.6 is 0 Å². The van der Waals surface area contributed by atoms with Gasteiger partial charge in [-0.15, -0.1) is 0 Å². The number of nitrogens with zero attached hydrogens (tertiary/aromatic N) is 3. The molecule has 94 valence electrons. The number of aromatic nitrogens is 2. The smallest absolute Gasteiger partial charge is 0.321 e. The molecule has 0 saturated carbocycles. The first kappa shape index (κ1) is 12.1. The summed E-state index contributed by atoms with van der Waals surface area (Å²) in [6.45, 7) is 5.47. The molecule has 0 aliphatic carbocycles. The molecule has 1 N–H and O–H groups in total. The van der Waals surface area contributed by atoms with Crippen molar-refractivity contribution in [2.45, 2.75) is 32.9 Å². The van der Waals surface area contributed by atoms with Gasteiger partial charge in [0, 0.05) is 13.6 Å². The van der Waals surface area contributed by atoms with Gasteiger partial charge in [0.1, 0.15) is 6.04 Å². The first-order valence-electron chi connectivity index (χ1n) is 5.95. The molecule has 0 spiro atoms. The molecule has 2 unspecified atom stereocenters. The predicted molar refractivity (Wildman–Crippen MR) is 63.6 cm³/mol. The van der Waals surface area contributed by atoms with E-state index in [-0.39, 0.29) is 12.0 Å². The highest BCUT2D eigenvalue weighted by molar-refractivity contribution is 5.74. The molecule has 17 heavy (non-hydrogen) atoms. The minimum Gasteiger partial charge on any atom is -0.480 e. The quantitative estimate of drug-likeness (QED) is 0.853. The summed E-state index contributed by atoms with van der Waals surface area (Å²) in [5.41, 5.74) is 2.05. The number of hydrogen-bond acceptors (Lipinski definition) is 3. The van der Waals surface area contributed by atoms with E-state index in [1.165, 1.54) is 0 Å². The van der Waals surface area contributed by atoms with Crippen molar-refractivity contribution < 1.29 is 9.90 Å². The Balaban J connectivity index is 2.13. The van der Waals surface area contributed by atoms with E-state index in [1.807, 2.05) is 36.5 Å². The average molecular weight is 237 g/mol. The van der Waals surface area contributed by atoms with Crippen LogP contribution in [0.3, 0.4) is 0 Å². The number of likely N-dealkylation sites (tertiary alicyclic amines) is 1. The summed E-state index contributed by atoms with van der Waals surface area (Å²) in [4.78, 5) is 13.3. The highest BCUT2D eigenvalue weighted by Crippen LogP contribution is 2.25. The zero-order chi connectivity index (χ0) is 12.6. The summed E-state index contributed by atoms with van der Waals surface area (Å²) in [6, 6.07) is 1.66. The van der Waals surface area contributed by atoms with Crippen LogP contribution < -0.4 is 0 Å². The SMILES string of the molecule is Cc1cc(CN2CCC(C)C2C(=O)O)n(C)n1. The standard InChI is InChI=1S/C12H19N3O2/c1-8-4-5-15(11(8)12(16)17)7-10-6-9(2)13-14(10)3/h6,8,11H,4-5,7H2,1-3H3,(H,16,17). The van der Waals surface area contributed by atoms with E-state index in [0.717, 1.165) is 24.4 Å². The number of rotatable bonds is 3. The third-order valence-electron chi connectivity index (χ3n) is 3.52. The second kappa shape index (κ2) is 4.49. The molecule has 0 bridgehead atoms. The Morgan fingerprint density at radius 2 is 2.35 bits per heavy atom. The molecule has 2 atom stereocenters. The zero-order valence-corrected chi connectivity index (χ0v) is 10.6. The second-order valence-electron chi connectivity index (χ2n) is 4.92. The summed E-state index contributed by atoms with van der Waals surface area (Å²) >= 11 is 0. The fraction of sp³-hybridized carbons (Fsp3) is 0.667. The lowest BCUT2D eigenvalue weighted by molar-refractivity contribution is -0.143. The van der Waals surface area contributed by atoms with Gasteiger partial charge in [-0.25, -0.2) is 0 Å². The molecular formula is C12H19N3O2. The van der Waals surface area contributed by atoms with Crippen LogP contribution in [0.1, 0.15) is 24.7 Å². The summed E-state index contributed by atoms with van der Waals surface area (Å²) in [7, 11) is 1.90. The van der Waals surface area contributed by atoms with E-state index in [9.17, 15) is 9.90 Å². The maximum atomic E-state index is 11.2. The maximum absolute atomic E-state index is 11.2. The first-order valence-corrected chi connectivity index (χ1v) is 5.95. The fourth-order valence-corrected chi connectivity index (χ4v) is 2.62. The lowest BCUT2D eigenvalue weighted by Crippen LogP contribution is -2.38. The highest BCUT2D eigenvalue weighted by Gasteiger charge is 2.36. The van der Waals surface area contributed by atoms with Gasteiger partial charge in [0.15, 0.2) is 0 Å². The third-order valence-corrected chi connectivity index (χ3v) is 3.52. The van der Waals surface area contributed by atoms with Gasteiger partial charge >= 0.3 is 5.97 Å². The normalized spacial score (nSPS) is 25.4. The molecular weight excluding hydrogens is 218 g/mol. The van der Waals surface area contributed by atoms with Crippen molar-refractivity contribution in [2.24, 2.45) is 13.0 Å². The first-order chi connectivity index (χ1) is 7.99. The minimum absolute atomic E-state index is 0.224. The largest absolute Gasteiger partial charge is 0.480 e. The van der Waals surface area contributed by atoms with Gasteiger partial charge < -0.3 is 5.11 Å². The van der Waals surface area contributed by atoms with E-state index in [1.54, 1.807) is 0 Å². The lowest BCUT2D eigenvalue weighted by atomic mass is 10.0. The van der Waals surface area contributed by atoms with E-state index < -0.39 is 5.97 Å². The predicted octanol–water partition coefficient (Wildman–Crippen LogP) is 1.02. The Labute approximate surface area is 101 Å². The Kier molecular flexibility index (Phi) is 3.19. The van der Waals surface area contributed by atoms with Gasteiger partial charge in [-0.1, -0.05) is 6.92 Å². The van der Waals surface area contributed by atoms with Crippen molar-refractivity contribution in [3.8, 4) is 0 Å². The summed E-state index contributed by atoms with van der Waals surface area (Å²) in [5, 5.41) is 13.5. The average Bonchev–Trinajstić information content (AvgIpc) is 2.71. The van der Waals surface area contributed by atoms with Crippen LogP contribution in [-0.2, 0) is 18.4 Å². The fourth-order valence-electron chi connectivity index (χ4n) is 2.62. The van der Waals surface area contributed by atoms with E-state index in [0.29, 0.717) is 6.54 Å². The second-order valence-corrected chi connectivity index (χ2v) is 4.92. The van der Waals surface area contributed by atoms with Crippen LogP contribution in [-0.4, -0.2) is 38.3 Å². The molecule has 1 saturated heterocycles. The Bertz CT molecular complexity index is 427. The number of aliphatic carboxylic acids is 1. The molecule has 0 amide bonds. The molecule has 1 aliphatic rings. The Morgan fingerprint density at radius 3 is 2.88 bits per heavy atom. The number of carbonyl (C=O) groups is 1. The van der Waals surface area contributed by atoms with Gasteiger partial charge in [0.05, 0.1) is 11.4 Å². The number of carboxylic acid groups (broad SMARTS) is 1. The molecule has 5 heteroatoms.